The van der Waals surface area contributed by atoms with Crippen molar-refractivity contribution in [1.29, 1.82) is 0 Å². The van der Waals surface area contributed by atoms with Crippen molar-refractivity contribution >= 4 is 11.6 Å². The van der Waals surface area contributed by atoms with Crippen LogP contribution in [0.3, 0.4) is 0 Å². The van der Waals surface area contributed by atoms with Crippen LogP contribution < -0.4 is 0 Å². The van der Waals surface area contributed by atoms with E-state index in [4.69, 9.17) is 0 Å². The smallest absolute Gasteiger partial charge is 0.133 e. The van der Waals surface area contributed by atoms with Crippen LogP contribution in [0, 0.1) is 5.92 Å². The van der Waals surface area contributed by atoms with E-state index in [1.54, 1.807) is 0 Å². The lowest BCUT2D eigenvalue weighted by molar-refractivity contribution is -0.124. The first kappa shape index (κ1) is 12.3. The molecule has 0 spiro atoms. The van der Waals surface area contributed by atoms with Gasteiger partial charge in [0.1, 0.15) is 11.6 Å². The monoisotopic (exact) mass is 184 g/mol. The summed E-state index contributed by atoms with van der Waals surface area (Å²) in [5.74, 6) is 0.854. The molecule has 0 aliphatic rings. The summed E-state index contributed by atoms with van der Waals surface area (Å²) in [5, 5.41) is 0. The van der Waals surface area contributed by atoms with Gasteiger partial charge in [-0.05, 0) is 12.3 Å². The van der Waals surface area contributed by atoms with Gasteiger partial charge in [-0.2, -0.15) is 0 Å². The fourth-order valence-electron chi connectivity index (χ4n) is 1.24. The molecule has 0 N–H and O–H groups in total. The third kappa shape index (κ3) is 7.69. The zero-order chi connectivity index (χ0) is 10.3. The normalized spacial score (nSPS) is 10.5. The summed E-state index contributed by atoms with van der Waals surface area (Å²) in [6.45, 7) is 6.02. The number of hydrogen-bond donors (Lipinski definition) is 0. The van der Waals surface area contributed by atoms with Crippen molar-refractivity contribution in [2.24, 2.45) is 5.92 Å². The van der Waals surface area contributed by atoms with Crippen LogP contribution in [0.1, 0.15) is 52.9 Å². The fourth-order valence-corrected chi connectivity index (χ4v) is 1.24. The molecule has 0 heterocycles. The van der Waals surface area contributed by atoms with Gasteiger partial charge in [0.15, 0.2) is 0 Å². The first-order valence-electron chi connectivity index (χ1n) is 5.09. The number of ketones is 2. The van der Waals surface area contributed by atoms with Crippen molar-refractivity contribution in [2.75, 3.05) is 0 Å². The first-order chi connectivity index (χ1) is 6.06. The van der Waals surface area contributed by atoms with E-state index in [9.17, 15) is 9.59 Å². The Kier molecular flexibility index (Phi) is 6.47. The Hall–Kier alpha value is -0.660. The predicted molar refractivity (Wildman–Crippen MR) is 53.6 cm³/mol. The van der Waals surface area contributed by atoms with E-state index in [-0.39, 0.29) is 11.6 Å². The Bertz CT molecular complexity index is 171. The van der Waals surface area contributed by atoms with Crippen molar-refractivity contribution in [1.82, 2.24) is 0 Å². The van der Waals surface area contributed by atoms with Crippen LogP contribution in [-0.4, -0.2) is 11.6 Å². The molecule has 0 unspecified atom stereocenters. The van der Waals surface area contributed by atoms with Gasteiger partial charge in [0.05, 0.1) is 0 Å². The van der Waals surface area contributed by atoms with E-state index in [1.165, 1.54) is 0 Å². The molecular formula is C11H20O2. The largest absolute Gasteiger partial charge is 0.300 e. The highest BCUT2D eigenvalue weighted by molar-refractivity contribution is 5.85. The van der Waals surface area contributed by atoms with Gasteiger partial charge in [-0.1, -0.05) is 20.8 Å². The minimum atomic E-state index is 0.222. The topological polar surface area (TPSA) is 34.1 Å². The Balaban J connectivity index is 3.52. The molecule has 0 aliphatic carbocycles. The Morgan fingerprint density at radius 1 is 1.00 bits per heavy atom. The van der Waals surface area contributed by atoms with Gasteiger partial charge in [0.25, 0.3) is 0 Å². The van der Waals surface area contributed by atoms with Crippen LogP contribution in [0.15, 0.2) is 0 Å². The van der Waals surface area contributed by atoms with E-state index in [2.05, 4.69) is 0 Å². The molecule has 76 valence electrons. The highest BCUT2D eigenvalue weighted by Crippen LogP contribution is 2.06. The summed E-state index contributed by atoms with van der Waals surface area (Å²) in [7, 11) is 0. The first-order valence-corrected chi connectivity index (χ1v) is 5.09. The minimum absolute atomic E-state index is 0.222. The number of carbonyl (C=O) groups excluding carboxylic acids is 2. The molecule has 2 heteroatoms. The van der Waals surface area contributed by atoms with E-state index in [0.29, 0.717) is 31.6 Å². The van der Waals surface area contributed by atoms with E-state index < -0.39 is 0 Å². The molecular weight excluding hydrogens is 164 g/mol. The molecule has 0 saturated heterocycles. The summed E-state index contributed by atoms with van der Waals surface area (Å²) in [5.41, 5.74) is 0. The molecule has 0 aromatic carbocycles. The molecule has 0 atom stereocenters. The second kappa shape index (κ2) is 6.81. The molecule has 0 rings (SSSR count). The molecule has 0 amide bonds. The van der Waals surface area contributed by atoms with Gasteiger partial charge in [-0.3, -0.25) is 9.59 Å². The lowest BCUT2D eigenvalue weighted by Gasteiger charge is -2.02. The van der Waals surface area contributed by atoms with Crippen molar-refractivity contribution < 1.29 is 9.59 Å². The van der Waals surface area contributed by atoms with Crippen LogP contribution in [-0.2, 0) is 9.59 Å². The van der Waals surface area contributed by atoms with Crippen LogP contribution in [0.25, 0.3) is 0 Å². The zero-order valence-electron chi connectivity index (χ0n) is 8.93. The van der Waals surface area contributed by atoms with Crippen LogP contribution in [0.2, 0.25) is 0 Å². The predicted octanol–water partition coefficient (Wildman–Crippen LogP) is 2.75. The highest BCUT2D eigenvalue weighted by Gasteiger charge is 2.07. The minimum Gasteiger partial charge on any atom is -0.300 e. The van der Waals surface area contributed by atoms with E-state index >= 15 is 0 Å². The van der Waals surface area contributed by atoms with Gasteiger partial charge < -0.3 is 0 Å². The molecule has 0 saturated carbocycles. The molecule has 0 aromatic rings. The van der Waals surface area contributed by atoms with E-state index in [1.807, 2.05) is 20.8 Å². The van der Waals surface area contributed by atoms with Crippen molar-refractivity contribution in [3.05, 3.63) is 0 Å². The van der Waals surface area contributed by atoms with Gasteiger partial charge in [0, 0.05) is 25.7 Å². The van der Waals surface area contributed by atoms with Crippen LogP contribution in [0.4, 0.5) is 0 Å². The fraction of sp³-hybridized carbons (Fsp3) is 0.818. The van der Waals surface area contributed by atoms with Gasteiger partial charge in [-0.15, -0.1) is 0 Å². The van der Waals surface area contributed by atoms with Crippen LogP contribution in [0.5, 0.6) is 0 Å². The molecule has 0 radical (unpaired) electrons. The maximum Gasteiger partial charge on any atom is 0.133 e. The molecule has 0 aromatic heterocycles. The van der Waals surface area contributed by atoms with Gasteiger partial charge in [-0.25, -0.2) is 0 Å². The Morgan fingerprint density at radius 2 is 1.54 bits per heavy atom. The van der Waals surface area contributed by atoms with Crippen molar-refractivity contribution in [3.8, 4) is 0 Å². The Morgan fingerprint density at radius 3 is 2.00 bits per heavy atom. The average molecular weight is 184 g/mol. The summed E-state index contributed by atoms with van der Waals surface area (Å²) in [6, 6.07) is 0. The average Bonchev–Trinajstić information content (AvgIpc) is 2.00. The second-order valence-corrected chi connectivity index (χ2v) is 3.93. The summed E-state index contributed by atoms with van der Waals surface area (Å²) >= 11 is 0. The summed E-state index contributed by atoms with van der Waals surface area (Å²) in [6.07, 6.45) is 3.00. The molecule has 13 heavy (non-hydrogen) atoms. The quantitative estimate of drug-likeness (QED) is 0.609. The number of rotatable bonds is 7. The standard InChI is InChI=1S/C11H20O2/c1-4-5-10(12)6-7-11(13)8-9(2)3/h9H,4-8H2,1-3H3. The van der Waals surface area contributed by atoms with Crippen LogP contribution >= 0.6 is 0 Å². The molecule has 0 fully saturated rings. The molecule has 2 nitrogen and oxygen atoms in total. The number of hydrogen-bond acceptors (Lipinski definition) is 2. The second-order valence-electron chi connectivity index (χ2n) is 3.93. The lowest BCUT2D eigenvalue weighted by Crippen LogP contribution is -2.06. The number of carbonyl (C=O) groups is 2. The zero-order valence-corrected chi connectivity index (χ0v) is 8.93. The third-order valence-electron chi connectivity index (χ3n) is 1.85. The third-order valence-corrected chi connectivity index (χ3v) is 1.85. The highest BCUT2D eigenvalue weighted by atomic mass is 16.1. The summed E-state index contributed by atoms with van der Waals surface area (Å²) in [4.78, 5) is 22.3. The van der Waals surface area contributed by atoms with Crippen molar-refractivity contribution in [2.45, 2.75) is 52.9 Å². The summed E-state index contributed by atoms with van der Waals surface area (Å²) < 4.78 is 0. The van der Waals surface area contributed by atoms with Gasteiger partial charge in [0.2, 0.25) is 0 Å². The Labute approximate surface area is 80.7 Å². The van der Waals surface area contributed by atoms with Crippen molar-refractivity contribution in [3.63, 3.8) is 0 Å². The maximum absolute atomic E-state index is 11.2. The molecule has 0 aliphatic heterocycles. The SMILES string of the molecule is CCCC(=O)CCC(=O)CC(C)C. The van der Waals surface area contributed by atoms with Gasteiger partial charge >= 0.3 is 0 Å². The maximum atomic E-state index is 11.2. The molecule has 0 bridgehead atoms. The van der Waals surface area contributed by atoms with E-state index in [0.717, 1.165) is 6.42 Å². The lowest BCUT2D eigenvalue weighted by atomic mass is 10.0. The number of Topliss-reactive ketones (excluding diaryl/α,β-unsaturated/α-hetero) is 2.